The second-order valence-corrected chi connectivity index (χ2v) is 7.63. The predicted octanol–water partition coefficient (Wildman–Crippen LogP) is 6.02. The Balaban J connectivity index is 1.75. The summed E-state index contributed by atoms with van der Waals surface area (Å²) in [4.78, 5) is 12.9. The van der Waals surface area contributed by atoms with Crippen molar-refractivity contribution in [1.82, 2.24) is 0 Å². The number of nitrogens with one attached hydrogen (secondary N) is 1. The Morgan fingerprint density at radius 2 is 1.80 bits per heavy atom. The van der Waals surface area contributed by atoms with Crippen LogP contribution in [0.25, 0.3) is 0 Å². The molecule has 0 aliphatic carbocycles. The van der Waals surface area contributed by atoms with Gasteiger partial charge < -0.3 is 10.1 Å². The van der Waals surface area contributed by atoms with Gasteiger partial charge in [0, 0.05) is 16.8 Å². The average Bonchev–Trinajstić information content (AvgIpc) is 2.74. The van der Waals surface area contributed by atoms with E-state index in [-0.39, 0.29) is 5.91 Å². The van der Waals surface area contributed by atoms with Crippen LogP contribution < -0.4 is 10.1 Å². The van der Waals surface area contributed by atoms with Crippen LogP contribution in [0.3, 0.4) is 0 Å². The van der Waals surface area contributed by atoms with Crippen molar-refractivity contribution >= 4 is 11.6 Å². The van der Waals surface area contributed by atoms with Crippen molar-refractivity contribution in [3.05, 3.63) is 94.5 Å². The molecule has 0 aliphatic rings. The summed E-state index contributed by atoms with van der Waals surface area (Å²) >= 11 is 0. The number of rotatable bonds is 7. The molecule has 3 aromatic rings. The van der Waals surface area contributed by atoms with Crippen LogP contribution in [0.4, 0.5) is 5.69 Å². The van der Waals surface area contributed by atoms with Crippen LogP contribution in [0.15, 0.2) is 66.7 Å². The van der Waals surface area contributed by atoms with E-state index >= 15 is 0 Å². The highest BCUT2D eigenvalue weighted by atomic mass is 16.5. The first-order valence-corrected chi connectivity index (χ1v) is 10.1. The quantitative estimate of drug-likeness (QED) is 0.530. The summed E-state index contributed by atoms with van der Waals surface area (Å²) in [6, 6.07) is 23.1. The van der Waals surface area contributed by atoms with Crippen LogP contribution in [0, 0.1) is 18.3 Å². The molecule has 1 N–H and O–H groups in total. The van der Waals surface area contributed by atoms with Gasteiger partial charge in [0.15, 0.2) is 0 Å². The normalized spacial score (nSPS) is 10.5. The lowest BCUT2D eigenvalue weighted by Gasteiger charge is -2.16. The highest BCUT2D eigenvalue weighted by molar-refractivity contribution is 6.05. The molecule has 0 bridgehead atoms. The summed E-state index contributed by atoms with van der Waals surface area (Å²) in [5.41, 5.74) is 5.31. The van der Waals surface area contributed by atoms with Gasteiger partial charge in [-0.1, -0.05) is 56.3 Å². The summed E-state index contributed by atoms with van der Waals surface area (Å²) in [6.45, 7) is 6.63. The van der Waals surface area contributed by atoms with Gasteiger partial charge in [-0.05, 0) is 53.8 Å². The Hall–Kier alpha value is -3.58. The molecule has 0 fully saturated rings. The van der Waals surface area contributed by atoms with Gasteiger partial charge in [-0.15, -0.1) is 0 Å². The molecule has 3 aromatic carbocycles. The van der Waals surface area contributed by atoms with E-state index in [4.69, 9.17) is 10.00 Å². The van der Waals surface area contributed by atoms with Crippen LogP contribution in [0.1, 0.15) is 52.4 Å². The Kier molecular flexibility index (Phi) is 6.87. The Labute approximate surface area is 178 Å². The molecule has 0 spiro atoms. The van der Waals surface area contributed by atoms with Crippen molar-refractivity contribution < 1.29 is 9.53 Å². The van der Waals surface area contributed by atoms with Gasteiger partial charge in [0.1, 0.15) is 12.4 Å². The summed E-state index contributed by atoms with van der Waals surface area (Å²) in [6.07, 6.45) is 0.353. The third kappa shape index (κ3) is 5.27. The zero-order chi connectivity index (χ0) is 21.5. The number of ether oxygens (including phenoxy) is 1. The van der Waals surface area contributed by atoms with E-state index in [2.05, 4.69) is 37.4 Å². The number of carbonyl (C=O) groups is 1. The maximum Gasteiger partial charge on any atom is 0.256 e. The number of nitrogens with zero attached hydrogens (tertiary/aromatic N) is 1. The third-order valence-electron chi connectivity index (χ3n) is 4.93. The number of benzene rings is 3. The molecule has 1 amide bonds. The Morgan fingerprint density at radius 3 is 2.50 bits per heavy atom. The van der Waals surface area contributed by atoms with Crippen molar-refractivity contribution in [2.45, 2.75) is 39.7 Å². The van der Waals surface area contributed by atoms with Gasteiger partial charge in [0.25, 0.3) is 5.91 Å². The second-order valence-electron chi connectivity index (χ2n) is 7.63. The van der Waals surface area contributed by atoms with Crippen molar-refractivity contribution in [1.29, 1.82) is 5.26 Å². The second kappa shape index (κ2) is 9.76. The molecular weight excluding hydrogens is 372 g/mol. The minimum absolute atomic E-state index is 0.185. The molecule has 0 saturated carbocycles. The lowest BCUT2D eigenvalue weighted by molar-refractivity contribution is 0.102. The van der Waals surface area contributed by atoms with Crippen molar-refractivity contribution in [3.63, 3.8) is 0 Å². The zero-order valence-electron chi connectivity index (χ0n) is 17.6. The molecule has 4 heteroatoms. The van der Waals surface area contributed by atoms with Crippen molar-refractivity contribution in [2.24, 2.45) is 0 Å². The molecule has 3 rings (SSSR count). The van der Waals surface area contributed by atoms with Gasteiger partial charge in [0.2, 0.25) is 0 Å². The fourth-order valence-corrected chi connectivity index (χ4v) is 3.26. The summed E-state index contributed by atoms with van der Waals surface area (Å²) in [5.74, 6) is 1.02. The third-order valence-corrected chi connectivity index (χ3v) is 4.93. The van der Waals surface area contributed by atoms with E-state index < -0.39 is 0 Å². The van der Waals surface area contributed by atoms with Crippen molar-refractivity contribution in [2.75, 3.05) is 5.32 Å². The molecule has 0 saturated heterocycles. The lowest BCUT2D eigenvalue weighted by atomic mass is 10.0. The molecule has 0 atom stereocenters. The summed E-state index contributed by atoms with van der Waals surface area (Å²) in [5, 5.41) is 11.7. The minimum Gasteiger partial charge on any atom is -0.489 e. The van der Waals surface area contributed by atoms with E-state index in [1.54, 1.807) is 6.07 Å². The highest BCUT2D eigenvalue weighted by Crippen LogP contribution is 2.28. The maximum absolute atomic E-state index is 12.9. The van der Waals surface area contributed by atoms with Crippen LogP contribution >= 0.6 is 0 Å². The van der Waals surface area contributed by atoms with Crippen molar-refractivity contribution in [3.8, 4) is 11.8 Å². The summed E-state index contributed by atoms with van der Waals surface area (Å²) < 4.78 is 6.14. The topological polar surface area (TPSA) is 62.1 Å². The average molecular weight is 399 g/mol. The molecule has 0 unspecified atom stereocenters. The van der Waals surface area contributed by atoms with E-state index in [0.717, 1.165) is 28.0 Å². The molecule has 30 heavy (non-hydrogen) atoms. The fourth-order valence-electron chi connectivity index (χ4n) is 3.26. The molecule has 4 nitrogen and oxygen atoms in total. The first-order valence-electron chi connectivity index (χ1n) is 10.1. The van der Waals surface area contributed by atoms with Crippen LogP contribution in [-0.2, 0) is 13.0 Å². The first-order chi connectivity index (χ1) is 14.5. The number of anilines is 1. The van der Waals surface area contributed by atoms with Gasteiger partial charge in [-0.2, -0.15) is 5.26 Å². The standard InChI is InChI=1S/C26H26N2O2/c1-18(2)23-13-8-19(3)16-25(23)30-17-21-6-4-5-7-24(21)26(29)28-22-11-9-20(10-12-22)14-15-27/h4-13,16,18H,14,17H2,1-3H3,(H,28,29). The number of carbonyl (C=O) groups excluding carboxylic acids is 1. The number of hydrogen-bond acceptors (Lipinski definition) is 3. The first kappa shape index (κ1) is 21.1. The van der Waals surface area contributed by atoms with E-state index in [1.165, 1.54) is 0 Å². The Morgan fingerprint density at radius 1 is 1.07 bits per heavy atom. The molecule has 152 valence electrons. The molecular formula is C26H26N2O2. The largest absolute Gasteiger partial charge is 0.489 e. The summed E-state index contributed by atoms with van der Waals surface area (Å²) in [7, 11) is 0. The molecule has 0 aromatic heterocycles. The number of nitriles is 1. The maximum atomic E-state index is 12.9. The van der Waals surface area contributed by atoms with Gasteiger partial charge in [-0.25, -0.2) is 0 Å². The van der Waals surface area contributed by atoms with Crippen LogP contribution in [0.5, 0.6) is 5.75 Å². The number of amides is 1. The number of hydrogen-bond donors (Lipinski definition) is 1. The monoisotopic (exact) mass is 398 g/mol. The zero-order valence-corrected chi connectivity index (χ0v) is 17.6. The fraction of sp³-hybridized carbons (Fsp3) is 0.231. The SMILES string of the molecule is Cc1ccc(C(C)C)c(OCc2ccccc2C(=O)Nc2ccc(CC#N)cc2)c1. The van der Waals surface area contributed by atoms with Crippen LogP contribution in [-0.4, -0.2) is 5.91 Å². The van der Waals surface area contributed by atoms with E-state index in [1.807, 2.05) is 55.5 Å². The molecule has 0 aliphatic heterocycles. The smallest absolute Gasteiger partial charge is 0.256 e. The van der Waals surface area contributed by atoms with Gasteiger partial charge in [-0.3, -0.25) is 4.79 Å². The minimum atomic E-state index is -0.185. The molecule has 0 radical (unpaired) electrons. The Bertz CT molecular complexity index is 1060. The molecule has 0 heterocycles. The van der Waals surface area contributed by atoms with Gasteiger partial charge >= 0.3 is 0 Å². The van der Waals surface area contributed by atoms with Crippen LogP contribution in [0.2, 0.25) is 0 Å². The highest BCUT2D eigenvalue weighted by Gasteiger charge is 2.14. The van der Waals surface area contributed by atoms with E-state index in [0.29, 0.717) is 30.2 Å². The number of aryl methyl sites for hydroxylation is 1. The van der Waals surface area contributed by atoms with E-state index in [9.17, 15) is 4.79 Å². The van der Waals surface area contributed by atoms with Gasteiger partial charge in [0.05, 0.1) is 12.5 Å². The lowest BCUT2D eigenvalue weighted by Crippen LogP contribution is -2.15. The predicted molar refractivity (Wildman–Crippen MR) is 120 cm³/mol.